The van der Waals surface area contributed by atoms with Gasteiger partial charge in [-0.15, -0.1) is 0 Å². The van der Waals surface area contributed by atoms with Crippen molar-refractivity contribution in [2.45, 2.75) is 13.5 Å². The first-order valence-corrected chi connectivity index (χ1v) is 4.44. The van der Waals surface area contributed by atoms with Gasteiger partial charge in [0.05, 0.1) is 5.71 Å². The van der Waals surface area contributed by atoms with Crippen LogP contribution in [-0.4, -0.2) is 12.3 Å². The topological polar surface area (TPSA) is 38.4 Å². The average molecular weight is 210 g/mol. The molecular weight excluding hydrogens is 198 g/mol. The Morgan fingerprint density at radius 1 is 1.47 bits per heavy atom. The normalized spacial score (nSPS) is 12.7. The number of aliphatic imine (C=N–C) groups is 1. The van der Waals surface area contributed by atoms with E-state index in [0.29, 0.717) is 5.56 Å². The number of alkyl halides is 2. The summed E-state index contributed by atoms with van der Waals surface area (Å²) in [6.45, 7) is -0.841. The number of benzene rings is 1. The van der Waals surface area contributed by atoms with Crippen molar-refractivity contribution in [2.75, 3.05) is 0 Å². The molecule has 0 spiro atoms. The predicted molar refractivity (Wildman–Crippen MR) is 57.0 cm³/mol. The number of halogens is 2. The van der Waals surface area contributed by atoms with Crippen LogP contribution in [0.15, 0.2) is 41.5 Å². The van der Waals surface area contributed by atoms with E-state index in [9.17, 15) is 8.78 Å². The third kappa shape index (κ3) is 3.50. The molecule has 1 aromatic rings. The zero-order valence-corrected chi connectivity index (χ0v) is 8.32. The molecule has 0 unspecified atom stereocenters. The van der Waals surface area contributed by atoms with Gasteiger partial charge in [-0.3, -0.25) is 0 Å². The van der Waals surface area contributed by atoms with Gasteiger partial charge in [-0.1, -0.05) is 23.8 Å². The van der Waals surface area contributed by atoms with Crippen molar-refractivity contribution in [1.82, 2.24) is 0 Å². The van der Waals surface area contributed by atoms with Crippen molar-refractivity contribution in [3.8, 4) is 0 Å². The molecule has 0 atom stereocenters. The van der Waals surface area contributed by atoms with Crippen LogP contribution in [-0.2, 0) is 0 Å². The van der Waals surface area contributed by atoms with E-state index in [1.54, 1.807) is 18.2 Å². The number of hydrogen-bond donors (Lipinski definition) is 1. The summed E-state index contributed by atoms with van der Waals surface area (Å²) < 4.78 is 24.3. The van der Waals surface area contributed by atoms with Gasteiger partial charge in [-0.25, -0.2) is 4.99 Å². The van der Waals surface area contributed by atoms with Gasteiger partial charge in [-0.05, 0) is 25.3 Å². The molecular formula is C11H12F2N2. The van der Waals surface area contributed by atoms with Crippen LogP contribution in [0.4, 0.5) is 8.78 Å². The van der Waals surface area contributed by atoms with E-state index in [0.717, 1.165) is 5.56 Å². The van der Waals surface area contributed by atoms with E-state index in [4.69, 9.17) is 5.73 Å². The molecule has 0 aromatic heterocycles. The first kappa shape index (κ1) is 11.4. The maximum atomic E-state index is 12.1. The molecule has 2 N–H and O–H groups in total. The Hall–Kier alpha value is -1.71. The molecule has 2 nitrogen and oxygen atoms in total. The molecule has 0 amide bonds. The van der Waals surface area contributed by atoms with Crippen LogP contribution in [0, 0.1) is 6.92 Å². The molecule has 0 heterocycles. The fourth-order valence-corrected chi connectivity index (χ4v) is 1.21. The molecule has 80 valence electrons. The second kappa shape index (κ2) is 5.24. The summed E-state index contributed by atoms with van der Waals surface area (Å²) in [6.07, 6.45) is 2.56. The van der Waals surface area contributed by atoms with Crippen LogP contribution in [0.3, 0.4) is 0 Å². The van der Waals surface area contributed by atoms with Crippen LogP contribution in [0.2, 0.25) is 0 Å². The maximum Gasteiger partial charge on any atom is 0.332 e. The van der Waals surface area contributed by atoms with E-state index in [1.165, 1.54) is 12.3 Å². The zero-order valence-electron chi connectivity index (χ0n) is 8.32. The Morgan fingerprint density at radius 2 is 2.20 bits per heavy atom. The van der Waals surface area contributed by atoms with Crippen molar-refractivity contribution in [1.29, 1.82) is 0 Å². The summed E-state index contributed by atoms with van der Waals surface area (Å²) in [5.41, 5.74) is 6.99. The second-order valence-corrected chi connectivity index (χ2v) is 3.02. The van der Waals surface area contributed by atoms with Crippen LogP contribution in [0.1, 0.15) is 11.1 Å². The number of aryl methyl sites for hydroxylation is 1. The summed E-state index contributed by atoms with van der Waals surface area (Å²) in [4.78, 5) is 3.19. The average Bonchev–Trinajstić information content (AvgIpc) is 2.16. The van der Waals surface area contributed by atoms with Gasteiger partial charge in [0.25, 0.3) is 0 Å². The molecule has 0 bridgehead atoms. The minimum atomic E-state index is -2.73. The van der Waals surface area contributed by atoms with Gasteiger partial charge >= 0.3 is 6.55 Å². The zero-order chi connectivity index (χ0) is 11.3. The van der Waals surface area contributed by atoms with E-state index < -0.39 is 6.55 Å². The van der Waals surface area contributed by atoms with Gasteiger partial charge in [0.1, 0.15) is 0 Å². The highest BCUT2D eigenvalue weighted by atomic mass is 19.3. The van der Waals surface area contributed by atoms with Gasteiger partial charge in [0.15, 0.2) is 0 Å². The first-order chi connectivity index (χ1) is 7.13. The number of nitrogens with two attached hydrogens (primary N) is 1. The lowest BCUT2D eigenvalue weighted by atomic mass is 10.1. The largest absolute Gasteiger partial charge is 0.405 e. The smallest absolute Gasteiger partial charge is 0.332 e. The molecule has 0 radical (unpaired) electrons. The Balaban J connectivity index is 3.10. The minimum absolute atomic E-state index is 0.191. The fraction of sp³-hybridized carbons (Fsp3) is 0.182. The molecule has 15 heavy (non-hydrogen) atoms. The summed E-state index contributed by atoms with van der Waals surface area (Å²) in [6, 6.07) is 7.17. The van der Waals surface area contributed by atoms with Gasteiger partial charge < -0.3 is 5.73 Å². The fourth-order valence-electron chi connectivity index (χ4n) is 1.21. The van der Waals surface area contributed by atoms with Crippen LogP contribution < -0.4 is 5.73 Å². The molecule has 0 aliphatic heterocycles. The van der Waals surface area contributed by atoms with Gasteiger partial charge in [0, 0.05) is 5.56 Å². The van der Waals surface area contributed by atoms with Crippen molar-refractivity contribution in [3.05, 3.63) is 47.7 Å². The summed E-state index contributed by atoms with van der Waals surface area (Å²) in [7, 11) is 0. The summed E-state index contributed by atoms with van der Waals surface area (Å²) in [5, 5.41) is 0. The Bertz CT molecular complexity index is 384. The quantitative estimate of drug-likeness (QED) is 0.604. The van der Waals surface area contributed by atoms with Crippen molar-refractivity contribution >= 4 is 5.71 Å². The number of nitrogens with zero attached hydrogens (tertiary/aromatic N) is 1. The highest BCUT2D eigenvalue weighted by molar-refractivity contribution is 6.08. The molecule has 0 aliphatic rings. The Kier molecular flexibility index (Phi) is 3.97. The number of hydrogen-bond acceptors (Lipinski definition) is 2. The lowest BCUT2D eigenvalue weighted by Gasteiger charge is -2.02. The van der Waals surface area contributed by atoms with E-state index in [1.807, 2.05) is 13.0 Å². The van der Waals surface area contributed by atoms with Gasteiger partial charge in [-0.2, -0.15) is 8.78 Å². The molecule has 0 aliphatic carbocycles. The Labute approximate surface area is 87.1 Å². The van der Waals surface area contributed by atoms with Crippen LogP contribution >= 0.6 is 0 Å². The monoisotopic (exact) mass is 210 g/mol. The maximum absolute atomic E-state index is 12.1. The van der Waals surface area contributed by atoms with Gasteiger partial charge in [0.2, 0.25) is 0 Å². The molecule has 1 aromatic carbocycles. The highest BCUT2D eigenvalue weighted by Crippen LogP contribution is 2.08. The third-order valence-electron chi connectivity index (χ3n) is 1.80. The Morgan fingerprint density at radius 3 is 2.73 bits per heavy atom. The van der Waals surface area contributed by atoms with E-state index in [-0.39, 0.29) is 5.71 Å². The molecule has 0 saturated carbocycles. The van der Waals surface area contributed by atoms with Crippen molar-refractivity contribution < 1.29 is 8.78 Å². The van der Waals surface area contributed by atoms with E-state index in [2.05, 4.69) is 4.99 Å². The van der Waals surface area contributed by atoms with Crippen LogP contribution in [0.5, 0.6) is 0 Å². The van der Waals surface area contributed by atoms with Crippen molar-refractivity contribution in [3.63, 3.8) is 0 Å². The third-order valence-corrected chi connectivity index (χ3v) is 1.80. The minimum Gasteiger partial charge on any atom is -0.405 e. The standard InChI is InChI=1S/C11H12F2N2/c1-8-3-2-4-9(7-8)10(5-6-14)15-11(12)13/h2-7,11H,14H2,1H3. The summed E-state index contributed by atoms with van der Waals surface area (Å²) >= 11 is 0. The lowest BCUT2D eigenvalue weighted by molar-refractivity contribution is 0.160. The predicted octanol–water partition coefficient (Wildman–Crippen LogP) is 2.48. The highest BCUT2D eigenvalue weighted by Gasteiger charge is 2.04. The molecule has 1 rings (SSSR count). The molecule has 0 saturated heterocycles. The number of rotatable bonds is 3. The van der Waals surface area contributed by atoms with E-state index >= 15 is 0 Å². The number of allylic oxidation sites excluding steroid dienone is 1. The summed E-state index contributed by atoms with van der Waals surface area (Å²) in [5.74, 6) is 0. The molecule has 4 heteroatoms. The SMILES string of the molecule is Cc1cccc(C(C=CN)=NC(F)F)c1. The lowest BCUT2D eigenvalue weighted by Crippen LogP contribution is -2.01. The first-order valence-electron chi connectivity index (χ1n) is 4.44. The van der Waals surface area contributed by atoms with Crippen molar-refractivity contribution in [2.24, 2.45) is 10.7 Å². The van der Waals surface area contributed by atoms with Crippen LogP contribution in [0.25, 0.3) is 0 Å². The molecule has 0 fully saturated rings. The second-order valence-electron chi connectivity index (χ2n) is 3.02.